The molecule has 0 saturated carbocycles. The topological polar surface area (TPSA) is 50.9 Å². The predicted octanol–water partition coefficient (Wildman–Crippen LogP) is 2.21. The Labute approximate surface area is 102 Å². The van der Waals surface area contributed by atoms with Crippen molar-refractivity contribution in [2.24, 2.45) is 11.1 Å². The van der Waals surface area contributed by atoms with Crippen LogP contribution in [0.1, 0.15) is 38.1 Å². The first-order valence-electron chi connectivity index (χ1n) is 5.91. The molecule has 16 heavy (non-hydrogen) atoms. The Morgan fingerprint density at radius 3 is 2.88 bits per heavy atom. The molecule has 0 aromatic carbocycles. The number of nitrogens with zero attached hydrogens (tertiary/aromatic N) is 1. The minimum Gasteiger partial charge on any atom is -0.330 e. The second-order valence-corrected chi connectivity index (χ2v) is 5.70. The lowest BCUT2D eigenvalue weighted by atomic mass is 9.87. The molecule has 92 valence electrons. The van der Waals surface area contributed by atoms with Crippen molar-refractivity contribution in [3.05, 3.63) is 16.6 Å². The molecule has 0 amide bonds. The van der Waals surface area contributed by atoms with E-state index >= 15 is 0 Å². The van der Waals surface area contributed by atoms with E-state index in [9.17, 15) is 0 Å². The van der Waals surface area contributed by atoms with E-state index in [2.05, 4.69) is 31.1 Å². The van der Waals surface area contributed by atoms with Crippen LogP contribution < -0.4 is 11.1 Å². The van der Waals surface area contributed by atoms with E-state index in [0.29, 0.717) is 5.92 Å². The summed E-state index contributed by atoms with van der Waals surface area (Å²) in [6.45, 7) is 9.32. The van der Waals surface area contributed by atoms with Crippen molar-refractivity contribution in [1.82, 2.24) is 10.3 Å². The first kappa shape index (κ1) is 13.6. The highest BCUT2D eigenvalue weighted by molar-refractivity contribution is 7.09. The molecule has 0 radical (unpaired) electrons. The fourth-order valence-electron chi connectivity index (χ4n) is 1.50. The van der Waals surface area contributed by atoms with Crippen LogP contribution in [0.15, 0.2) is 11.6 Å². The van der Waals surface area contributed by atoms with Gasteiger partial charge in [-0.2, -0.15) is 0 Å². The highest BCUT2D eigenvalue weighted by atomic mass is 32.1. The molecule has 4 heteroatoms. The van der Waals surface area contributed by atoms with Crippen molar-refractivity contribution in [2.75, 3.05) is 19.6 Å². The van der Waals surface area contributed by atoms with Gasteiger partial charge in [0.2, 0.25) is 0 Å². The maximum absolute atomic E-state index is 5.78. The number of thiazole rings is 1. The SMILES string of the molecule is CCC(C)(CN)CNCC(C)c1nccs1. The van der Waals surface area contributed by atoms with E-state index in [0.717, 1.165) is 26.1 Å². The van der Waals surface area contributed by atoms with Gasteiger partial charge in [0.25, 0.3) is 0 Å². The van der Waals surface area contributed by atoms with Gasteiger partial charge in [-0.3, -0.25) is 0 Å². The van der Waals surface area contributed by atoms with Gasteiger partial charge in [-0.15, -0.1) is 11.3 Å². The smallest absolute Gasteiger partial charge is 0.0965 e. The largest absolute Gasteiger partial charge is 0.330 e. The van der Waals surface area contributed by atoms with Crippen molar-refractivity contribution in [1.29, 1.82) is 0 Å². The summed E-state index contributed by atoms with van der Waals surface area (Å²) in [6.07, 6.45) is 2.98. The lowest BCUT2D eigenvalue weighted by Gasteiger charge is -2.27. The predicted molar refractivity (Wildman–Crippen MR) is 70.9 cm³/mol. The average Bonchev–Trinajstić information content (AvgIpc) is 2.82. The maximum atomic E-state index is 5.78. The highest BCUT2D eigenvalue weighted by Gasteiger charge is 2.19. The van der Waals surface area contributed by atoms with Crippen molar-refractivity contribution >= 4 is 11.3 Å². The first-order chi connectivity index (χ1) is 7.61. The zero-order chi connectivity index (χ0) is 12.0. The molecular weight excluding hydrogens is 218 g/mol. The molecular formula is C12H23N3S. The third kappa shape index (κ3) is 3.85. The fourth-order valence-corrected chi connectivity index (χ4v) is 2.20. The fraction of sp³-hybridized carbons (Fsp3) is 0.750. The Bertz CT molecular complexity index is 280. The zero-order valence-electron chi connectivity index (χ0n) is 10.5. The van der Waals surface area contributed by atoms with Crippen LogP contribution in [0, 0.1) is 5.41 Å². The van der Waals surface area contributed by atoms with E-state index in [1.807, 2.05) is 11.6 Å². The van der Waals surface area contributed by atoms with Gasteiger partial charge in [-0.05, 0) is 18.4 Å². The van der Waals surface area contributed by atoms with Crippen LogP contribution in [0.2, 0.25) is 0 Å². The lowest BCUT2D eigenvalue weighted by molar-refractivity contribution is 0.301. The molecule has 2 unspecified atom stereocenters. The summed E-state index contributed by atoms with van der Waals surface area (Å²) >= 11 is 1.72. The quantitative estimate of drug-likeness (QED) is 0.769. The Morgan fingerprint density at radius 1 is 1.62 bits per heavy atom. The molecule has 3 nitrogen and oxygen atoms in total. The average molecular weight is 241 g/mol. The van der Waals surface area contributed by atoms with Crippen LogP contribution in [0.4, 0.5) is 0 Å². The van der Waals surface area contributed by atoms with Crippen LogP contribution in [-0.4, -0.2) is 24.6 Å². The molecule has 2 atom stereocenters. The Morgan fingerprint density at radius 2 is 2.38 bits per heavy atom. The Balaban J connectivity index is 2.30. The molecule has 0 spiro atoms. The van der Waals surface area contributed by atoms with Gasteiger partial charge in [0, 0.05) is 30.6 Å². The Kier molecular flexibility index (Phi) is 5.38. The van der Waals surface area contributed by atoms with E-state index in [4.69, 9.17) is 5.73 Å². The van der Waals surface area contributed by atoms with E-state index in [1.54, 1.807) is 11.3 Å². The molecule has 0 aliphatic heterocycles. The molecule has 1 aromatic rings. The summed E-state index contributed by atoms with van der Waals surface area (Å²) in [4.78, 5) is 4.33. The number of aromatic nitrogens is 1. The zero-order valence-corrected chi connectivity index (χ0v) is 11.3. The van der Waals surface area contributed by atoms with Crippen molar-refractivity contribution < 1.29 is 0 Å². The van der Waals surface area contributed by atoms with Gasteiger partial charge >= 0.3 is 0 Å². The van der Waals surface area contributed by atoms with Crippen LogP contribution in [0.3, 0.4) is 0 Å². The minimum atomic E-state index is 0.225. The summed E-state index contributed by atoms with van der Waals surface area (Å²) < 4.78 is 0. The van der Waals surface area contributed by atoms with Crippen LogP contribution >= 0.6 is 11.3 Å². The van der Waals surface area contributed by atoms with Crippen molar-refractivity contribution in [2.45, 2.75) is 33.1 Å². The van der Waals surface area contributed by atoms with Gasteiger partial charge in [0.15, 0.2) is 0 Å². The van der Waals surface area contributed by atoms with Gasteiger partial charge in [0.05, 0.1) is 5.01 Å². The summed E-state index contributed by atoms with van der Waals surface area (Å²) in [7, 11) is 0. The molecule has 0 aliphatic carbocycles. The van der Waals surface area contributed by atoms with Crippen molar-refractivity contribution in [3.63, 3.8) is 0 Å². The second-order valence-electron chi connectivity index (χ2n) is 4.77. The number of hydrogen-bond acceptors (Lipinski definition) is 4. The molecule has 3 N–H and O–H groups in total. The number of hydrogen-bond donors (Lipinski definition) is 2. The van der Waals surface area contributed by atoms with Gasteiger partial charge in [-0.1, -0.05) is 20.8 Å². The van der Waals surface area contributed by atoms with E-state index in [1.165, 1.54) is 5.01 Å². The molecule has 1 aromatic heterocycles. The standard InChI is InChI=1S/C12H23N3S/c1-4-12(3,8-13)9-14-7-10(2)11-15-5-6-16-11/h5-6,10,14H,4,7-9,13H2,1-3H3. The molecule has 0 fully saturated rings. The maximum Gasteiger partial charge on any atom is 0.0965 e. The molecule has 0 saturated heterocycles. The van der Waals surface area contributed by atoms with Crippen LogP contribution in [0.5, 0.6) is 0 Å². The summed E-state index contributed by atoms with van der Waals surface area (Å²) in [6, 6.07) is 0. The van der Waals surface area contributed by atoms with Crippen molar-refractivity contribution in [3.8, 4) is 0 Å². The summed E-state index contributed by atoms with van der Waals surface area (Å²) in [5, 5.41) is 6.74. The van der Waals surface area contributed by atoms with Gasteiger partial charge in [0.1, 0.15) is 0 Å². The van der Waals surface area contributed by atoms with Gasteiger partial charge < -0.3 is 11.1 Å². The van der Waals surface area contributed by atoms with Gasteiger partial charge in [-0.25, -0.2) is 4.98 Å². The first-order valence-corrected chi connectivity index (χ1v) is 6.79. The van der Waals surface area contributed by atoms with E-state index < -0.39 is 0 Å². The summed E-state index contributed by atoms with van der Waals surface area (Å²) in [5.41, 5.74) is 6.00. The van der Waals surface area contributed by atoms with E-state index in [-0.39, 0.29) is 5.41 Å². The second kappa shape index (κ2) is 6.33. The lowest BCUT2D eigenvalue weighted by Crippen LogP contribution is -2.38. The molecule has 1 rings (SSSR count). The van der Waals surface area contributed by atoms with Crippen LogP contribution in [-0.2, 0) is 0 Å². The molecule has 0 bridgehead atoms. The third-order valence-corrected chi connectivity index (χ3v) is 4.23. The summed E-state index contributed by atoms with van der Waals surface area (Å²) in [5.74, 6) is 0.485. The van der Waals surface area contributed by atoms with Crippen LogP contribution in [0.25, 0.3) is 0 Å². The number of nitrogens with two attached hydrogens (primary N) is 1. The minimum absolute atomic E-state index is 0.225. The molecule has 1 heterocycles. The monoisotopic (exact) mass is 241 g/mol. The molecule has 0 aliphatic rings. The highest BCUT2D eigenvalue weighted by Crippen LogP contribution is 2.19. The number of nitrogens with one attached hydrogen (secondary N) is 1. The Hall–Kier alpha value is -0.450. The number of rotatable bonds is 7. The normalized spacial score (nSPS) is 17.0. The third-order valence-electron chi connectivity index (χ3n) is 3.22.